The lowest BCUT2D eigenvalue weighted by atomic mass is 10.1. The molecule has 2 heterocycles. The van der Waals surface area contributed by atoms with Crippen LogP contribution in [0.2, 0.25) is 0 Å². The van der Waals surface area contributed by atoms with Gasteiger partial charge in [0.1, 0.15) is 10.7 Å². The Bertz CT molecular complexity index is 1220. The number of benzene rings is 2. The summed E-state index contributed by atoms with van der Waals surface area (Å²) in [5.74, 6) is 0.760. The van der Waals surface area contributed by atoms with Crippen molar-refractivity contribution in [1.82, 2.24) is 9.55 Å². The zero-order valence-corrected chi connectivity index (χ0v) is 15.7. The summed E-state index contributed by atoms with van der Waals surface area (Å²) in [6.07, 6.45) is 0.668. The van der Waals surface area contributed by atoms with Crippen molar-refractivity contribution in [2.45, 2.75) is 19.9 Å². The topological polar surface area (TPSA) is 58.7 Å². The molecule has 5 heteroatoms. The van der Waals surface area contributed by atoms with E-state index in [1.807, 2.05) is 60.8 Å². The van der Waals surface area contributed by atoms with E-state index in [1.165, 1.54) is 11.3 Å². The lowest BCUT2D eigenvalue weighted by Crippen LogP contribution is -2.25. The van der Waals surface area contributed by atoms with Gasteiger partial charge in [-0.05, 0) is 23.3 Å². The zero-order valence-electron chi connectivity index (χ0n) is 14.8. The number of rotatable bonds is 4. The van der Waals surface area contributed by atoms with E-state index in [1.54, 1.807) is 10.6 Å². The molecule has 0 radical (unpaired) electrons. The molecular formula is C22H17N3OS. The van der Waals surface area contributed by atoms with Crippen molar-refractivity contribution in [2.24, 2.45) is 0 Å². The van der Waals surface area contributed by atoms with Gasteiger partial charge in [0.15, 0.2) is 0 Å². The first-order valence-corrected chi connectivity index (χ1v) is 9.64. The molecule has 0 aliphatic rings. The Morgan fingerprint density at radius 1 is 1.15 bits per heavy atom. The highest BCUT2D eigenvalue weighted by Crippen LogP contribution is 2.31. The summed E-state index contributed by atoms with van der Waals surface area (Å²) in [7, 11) is 0. The van der Waals surface area contributed by atoms with Crippen molar-refractivity contribution < 1.29 is 0 Å². The number of aryl methyl sites for hydroxylation is 1. The summed E-state index contributed by atoms with van der Waals surface area (Å²) in [5, 5.41) is 11.8. The van der Waals surface area contributed by atoms with Gasteiger partial charge in [-0.15, -0.1) is 11.3 Å². The van der Waals surface area contributed by atoms with Crippen molar-refractivity contribution in [3.63, 3.8) is 0 Å². The molecule has 0 atom stereocenters. The van der Waals surface area contributed by atoms with Gasteiger partial charge in [-0.1, -0.05) is 49.4 Å². The van der Waals surface area contributed by atoms with Crippen molar-refractivity contribution in [3.8, 4) is 17.2 Å². The van der Waals surface area contributed by atoms with Crippen molar-refractivity contribution in [3.05, 3.63) is 87.3 Å². The van der Waals surface area contributed by atoms with E-state index in [0.717, 1.165) is 27.3 Å². The number of fused-ring (bicyclic) bond motifs is 1. The van der Waals surface area contributed by atoms with Crippen LogP contribution in [0.15, 0.2) is 64.8 Å². The molecule has 2 aromatic carbocycles. The minimum absolute atomic E-state index is 0.0284. The van der Waals surface area contributed by atoms with Crippen LogP contribution >= 0.6 is 11.3 Å². The number of nitriles is 1. The molecule has 0 aliphatic carbocycles. The average Bonchev–Trinajstić information content (AvgIpc) is 3.15. The Morgan fingerprint density at radius 3 is 2.70 bits per heavy atom. The van der Waals surface area contributed by atoms with Gasteiger partial charge in [-0.2, -0.15) is 5.26 Å². The predicted octanol–water partition coefficient (Wildman–Crippen LogP) is 4.61. The fourth-order valence-electron chi connectivity index (χ4n) is 3.25. The van der Waals surface area contributed by atoms with Crippen LogP contribution < -0.4 is 5.56 Å². The number of hydrogen-bond acceptors (Lipinski definition) is 4. The zero-order chi connectivity index (χ0) is 18.8. The standard InChI is InChI=1S/C22H17N3OS/c1-2-19-24-21-20(18(14-27-21)17-9-4-3-5-10-17)22(26)25(19)13-16-8-6-7-15(11-16)12-23/h3-11,14H,2,13H2,1H3. The third kappa shape index (κ3) is 3.16. The van der Waals surface area contributed by atoms with E-state index in [2.05, 4.69) is 6.07 Å². The molecule has 0 aliphatic heterocycles. The average molecular weight is 371 g/mol. The molecule has 4 rings (SSSR count). The van der Waals surface area contributed by atoms with E-state index in [9.17, 15) is 4.79 Å². The van der Waals surface area contributed by atoms with Crippen molar-refractivity contribution in [2.75, 3.05) is 0 Å². The molecule has 132 valence electrons. The first-order chi connectivity index (χ1) is 13.2. The summed E-state index contributed by atoms with van der Waals surface area (Å²) in [5.41, 5.74) is 3.43. The van der Waals surface area contributed by atoms with Gasteiger partial charge in [-0.3, -0.25) is 9.36 Å². The molecule has 0 fully saturated rings. The fourth-order valence-corrected chi connectivity index (χ4v) is 4.21. The SMILES string of the molecule is CCc1nc2scc(-c3ccccc3)c2c(=O)n1Cc1cccc(C#N)c1. The number of hydrogen-bond donors (Lipinski definition) is 0. The van der Waals surface area contributed by atoms with Crippen LogP contribution in [0.4, 0.5) is 0 Å². The van der Waals surface area contributed by atoms with Crippen LogP contribution in [0.1, 0.15) is 23.9 Å². The number of nitrogens with zero attached hydrogens (tertiary/aromatic N) is 3. The molecule has 2 aromatic heterocycles. The molecule has 0 unspecified atom stereocenters. The molecule has 0 saturated heterocycles. The van der Waals surface area contributed by atoms with Crippen LogP contribution in [-0.2, 0) is 13.0 Å². The van der Waals surface area contributed by atoms with Crippen molar-refractivity contribution in [1.29, 1.82) is 5.26 Å². The number of aromatic nitrogens is 2. The molecule has 0 spiro atoms. The van der Waals surface area contributed by atoms with E-state index < -0.39 is 0 Å². The van der Waals surface area contributed by atoms with Gasteiger partial charge >= 0.3 is 0 Å². The van der Waals surface area contributed by atoms with Gasteiger partial charge in [0.05, 0.1) is 23.6 Å². The van der Waals surface area contributed by atoms with Crippen LogP contribution in [0.25, 0.3) is 21.3 Å². The first-order valence-electron chi connectivity index (χ1n) is 8.76. The van der Waals surface area contributed by atoms with Crippen LogP contribution in [0.3, 0.4) is 0 Å². The normalized spacial score (nSPS) is 10.8. The monoisotopic (exact) mass is 371 g/mol. The second kappa shape index (κ2) is 7.18. The van der Waals surface area contributed by atoms with Crippen LogP contribution in [-0.4, -0.2) is 9.55 Å². The Labute approximate surface area is 161 Å². The molecule has 4 nitrogen and oxygen atoms in total. The second-order valence-corrected chi connectivity index (χ2v) is 7.14. The molecular weight excluding hydrogens is 354 g/mol. The highest BCUT2D eigenvalue weighted by atomic mass is 32.1. The highest BCUT2D eigenvalue weighted by Gasteiger charge is 2.16. The maximum absolute atomic E-state index is 13.4. The molecule has 0 amide bonds. The summed E-state index contributed by atoms with van der Waals surface area (Å²) < 4.78 is 1.73. The number of thiophene rings is 1. The lowest BCUT2D eigenvalue weighted by Gasteiger charge is -2.12. The molecule has 4 aromatic rings. The van der Waals surface area contributed by atoms with E-state index in [4.69, 9.17) is 10.2 Å². The largest absolute Gasteiger partial charge is 0.292 e. The molecule has 27 heavy (non-hydrogen) atoms. The van der Waals surface area contributed by atoms with Crippen LogP contribution in [0.5, 0.6) is 0 Å². The minimum atomic E-state index is -0.0284. The summed E-state index contributed by atoms with van der Waals surface area (Å²) >= 11 is 1.51. The first kappa shape index (κ1) is 17.2. The third-order valence-electron chi connectivity index (χ3n) is 4.57. The van der Waals surface area contributed by atoms with Gasteiger partial charge < -0.3 is 0 Å². The lowest BCUT2D eigenvalue weighted by molar-refractivity contribution is 0.687. The molecule has 0 saturated carbocycles. The summed E-state index contributed by atoms with van der Waals surface area (Å²) in [4.78, 5) is 18.9. The maximum atomic E-state index is 13.4. The Hall–Kier alpha value is -3.23. The van der Waals surface area contributed by atoms with Crippen molar-refractivity contribution >= 4 is 21.6 Å². The quantitative estimate of drug-likeness (QED) is 0.526. The Balaban J connectivity index is 1.90. The summed E-state index contributed by atoms with van der Waals surface area (Å²) in [6, 6.07) is 19.4. The fraction of sp³-hybridized carbons (Fsp3) is 0.136. The smallest absolute Gasteiger partial charge is 0.263 e. The third-order valence-corrected chi connectivity index (χ3v) is 5.44. The van der Waals surface area contributed by atoms with Gasteiger partial charge in [0.2, 0.25) is 0 Å². The molecule has 0 N–H and O–H groups in total. The molecule has 0 bridgehead atoms. The van der Waals surface area contributed by atoms with E-state index in [-0.39, 0.29) is 5.56 Å². The van der Waals surface area contributed by atoms with Gasteiger partial charge in [0.25, 0.3) is 5.56 Å². The highest BCUT2D eigenvalue weighted by molar-refractivity contribution is 7.17. The Kier molecular flexibility index (Phi) is 4.57. The van der Waals surface area contributed by atoms with Gasteiger partial charge in [-0.25, -0.2) is 4.98 Å². The van der Waals surface area contributed by atoms with Crippen LogP contribution in [0, 0.1) is 11.3 Å². The second-order valence-electron chi connectivity index (χ2n) is 6.28. The predicted molar refractivity (Wildman–Crippen MR) is 109 cm³/mol. The van der Waals surface area contributed by atoms with E-state index >= 15 is 0 Å². The Morgan fingerprint density at radius 2 is 1.96 bits per heavy atom. The van der Waals surface area contributed by atoms with E-state index in [0.29, 0.717) is 23.9 Å². The summed E-state index contributed by atoms with van der Waals surface area (Å²) in [6.45, 7) is 2.41. The van der Waals surface area contributed by atoms with Gasteiger partial charge in [0, 0.05) is 17.4 Å². The maximum Gasteiger partial charge on any atom is 0.263 e. The minimum Gasteiger partial charge on any atom is -0.292 e.